The number of ether oxygens (including phenoxy) is 11. The lowest BCUT2D eigenvalue weighted by Gasteiger charge is -2.48. The van der Waals surface area contributed by atoms with Crippen molar-refractivity contribution in [2.45, 2.75) is 158 Å². The fourth-order valence-corrected chi connectivity index (χ4v) is 8.66. The van der Waals surface area contributed by atoms with Crippen LogP contribution in [0.5, 0.6) is 0 Å². The second-order valence-corrected chi connectivity index (χ2v) is 20.4. The van der Waals surface area contributed by atoms with Crippen molar-refractivity contribution in [1.29, 1.82) is 5.41 Å². The van der Waals surface area contributed by atoms with E-state index >= 15 is 0 Å². The first-order chi connectivity index (χ1) is 36.7. The van der Waals surface area contributed by atoms with Gasteiger partial charge in [0, 0.05) is 45.4 Å². The first-order valence-corrected chi connectivity index (χ1v) is 25.5. The van der Waals surface area contributed by atoms with Gasteiger partial charge < -0.3 is 62.5 Å². The molecule has 5 rings (SSSR count). The van der Waals surface area contributed by atoms with Crippen molar-refractivity contribution in [3.8, 4) is 0 Å². The SMILES string of the molecule is CCC[C@H](OC(C)=O)C(=O)N[C@@H]1CC(C)[C@@H](O[C@H]2OC(COC(C)=O)[C@@H](OC(C)=O)[C@H](OC(C)=O)C2C)[C@H](O)C1OC(C)=O.[N-]=[N+]=NC[C@H]1O[C@@H](OC(=N)C(Cl)(Cl)Cl)C(OC(=O)c2ccccc2)[C@@H]1OC(=O)c1ccccc1. The molecule has 25 nitrogen and oxygen atoms in total. The molecule has 3 N–H and O–H groups in total. The van der Waals surface area contributed by atoms with Gasteiger partial charge in [-0.25, -0.2) is 9.59 Å². The molecule has 428 valence electrons. The summed E-state index contributed by atoms with van der Waals surface area (Å²) in [7, 11) is 0. The molecule has 0 bridgehead atoms. The Morgan fingerprint density at radius 2 is 1.23 bits per heavy atom. The number of carbonyl (C=O) groups excluding carboxylic acids is 8. The molecule has 0 spiro atoms. The molecule has 2 aliphatic heterocycles. The van der Waals surface area contributed by atoms with Crippen molar-refractivity contribution in [2.24, 2.45) is 17.0 Å². The number of hydrogen-bond donors (Lipinski definition) is 3. The highest BCUT2D eigenvalue weighted by Gasteiger charge is 2.54. The Morgan fingerprint density at radius 3 is 1.73 bits per heavy atom. The molecule has 2 aromatic carbocycles. The smallest absolute Gasteiger partial charge is 0.338 e. The number of esters is 7. The number of amides is 1. The molecule has 1 saturated carbocycles. The summed E-state index contributed by atoms with van der Waals surface area (Å²) in [5.41, 5.74) is 9.16. The van der Waals surface area contributed by atoms with Crippen LogP contribution in [0.2, 0.25) is 0 Å². The van der Waals surface area contributed by atoms with Gasteiger partial charge in [0.15, 0.2) is 30.7 Å². The fraction of sp³-hybridized carbons (Fsp3) is 0.580. The average molecular weight is 1160 g/mol. The molecule has 2 heterocycles. The number of rotatable bonds is 19. The molecule has 28 heteroatoms. The van der Waals surface area contributed by atoms with Crippen LogP contribution < -0.4 is 5.32 Å². The standard InChI is InChI=1S/C29H45NO14.C21H17Cl3N4O6/c1-9-10-21(39-16(5)32)28(37)30-20-11-13(2)24(23(36)26(20)41-18(7)34)44-29-14(3)25(40-17(6)33)27(42-19(8)35)22(43-29)12-38-15(4)31;22-21(23,24)20(25)34-19-16(33-18(30)13-9-5-2-6-10-13)15(14(31-19)11-27-28-26)32-17(29)12-7-3-1-4-8-12/h13-14,20-27,29,36H,9-12H2,1-8H3,(H,30,37);1-10,14-16,19,25H,11H2/t13?,14?,20-,21+,22?,23+,24-,25-,26?,27-,29-;14-,15-,16?,19+/m11/s1. The van der Waals surface area contributed by atoms with E-state index in [0.717, 1.165) is 6.92 Å². The lowest BCUT2D eigenvalue weighted by Crippen LogP contribution is -2.64. The van der Waals surface area contributed by atoms with E-state index in [0.29, 0.717) is 6.42 Å². The summed E-state index contributed by atoms with van der Waals surface area (Å²) in [5.74, 6) is -7.47. The van der Waals surface area contributed by atoms with Gasteiger partial charge in [-0.1, -0.05) is 104 Å². The minimum absolute atomic E-state index is 0.186. The van der Waals surface area contributed by atoms with E-state index in [1.807, 2.05) is 6.92 Å². The Kier molecular flexibility index (Phi) is 24.8. The highest BCUT2D eigenvalue weighted by Crippen LogP contribution is 2.38. The van der Waals surface area contributed by atoms with Crippen LogP contribution in [0.15, 0.2) is 65.8 Å². The van der Waals surface area contributed by atoms with E-state index in [2.05, 4.69) is 15.3 Å². The molecule has 1 aliphatic carbocycles. The number of aliphatic hydroxyl groups excluding tert-OH is 1. The van der Waals surface area contributed by atoms with Gasteiger partial charge in [-0.05, 0) is 48.6 Å². The summed E-state index contributed by atoms with van der Waals surface area (Å²) in [6, 6.07) is 15.2. The molecular formula is C50H62Cl3N5O20. The van der Waals surface area contributed by atoms with E-state index < -0.39 is 149 Å². The first-order valence-electron chi connectivity index (χ1n) is 24.4. The van der Waals surface area contributed by atoms with Gasteiger partial charge in [-0.2, -0.15) is 0 Å². The minimum Gasteiger partial charge on any atom is -0.463 e. The topological polar surface area (TPSA) is 343 Å². The molecule has 2 aromatic rings. The Balaban J connectivity index is 0.000000347. The zero-order valence-corrected chi connectivity index (χ0v) is 45.9. The molecule has 0 radical (unpaired) electrons. The van der Waals surface area contributed by atoms with Crippen molar-refractivity contribution in [3.63, 3.8) is 0 Å². The minimum atomic E-state index is -2.24. The summed E-state index contributed by atoms with van der Waals surface area (Å²) in [6.45, 7) is 10.4. The molecule has 3 fully saturated rings. The third kappa shape index (κ3) is 19.0. The number of azide groups is 1. The number of nitrogens with zero attached hydrogens (tertiary/aromatic N) is 3. The van der Waals surface area contributed by atoms with Crippen LogP contribution in [0.25, 0.3) is 10.4 Å². The summed E-state index contributed by atoms with van der Waals surface area (Å²) in [6.07, 6.45) is -13.5. The molecule has 15 atom stereocenters. The van der Waals surface area contributed by atoms with Crippen molar-refractivity contribution in [3.05, 3.63) is 82.2 Å². The molecule has 2 saturated heterocycles. The van der Waals surface area contributed by atoms with E-state index in [1.165, 1.54) is 52.0 Å². The predicted octanol–water partition coefficient (Wildman–Crippen LogP) is 5.54. The van der Waals surface area contributed by atoms with Crippen molar-refractivity contribution < 1.29 is 95.6 Å². The van der Waals surface area contributed by atoms with Gasteiger partial charge in [0.1, 0.15) is 31.0 Å². The second-order valence-electron chi connectivity index (χ2n) is 18.1. The van der Waals surface area contributed by atoms with Crippen LogP contribution in [0.4, 0.5) is 0 Å². The number of hydrogen-bond acceptors (Lipinski definition) is 22. The van der Waals surface area contributed by atoms with Crippen LogP contribution in [0.1, 0.15) is 95.4 Å². The van der Waals surface area contributed by atoms with Crippen molar-refractivity contribution in [1.82, 2.24) is 5.32 Å². The van der Waals surface area contributed by atoms with Crippen LogP contribution >= 0.6 is 34.8 Å². The van der Waals surface area contributed by atoms with Gasteiger partial charge in [-0.3, -0.25) is 34.2 Å². The normalized spacial score (nSPS) is 27.7. The average Bonchev–Trinajstić information content (AvgIpc) is 3.67. The highest BCUT2D eigenvalue weighted by atomic mass is 35.6. The van der Waals surface area contributed by atoms with E-state index in [1.54, 1.807) is 50.2 Å². The molecule has 1 amide bonds. The maximum Gasteiger partial charge on any atom is 0.338 e. The lowest BCUT2D eigenvalue weighted by molar-refractivity contribution is -0.315. The van der Waals surface area contributed by atoms with Crippen LogP contribution in [-0.2, 0) is 80.9 Å². The van der Waals surface area contributed by atoms with Crippen LogP contribution in [0.3, 0.4) is 0 Å². The van der Waals surface area contributed by atoms with Gasteiger partial charge in [0.2, 0.25) is 18.3 Å². The largest absolute Gasteiger partial charge is 0.463 e. The third-order valence-corrected chi connectivity index (χ3v) is 12.4. The Hall–Kier alpha value is -6.31. The van der Waals surface area contributed by atoms with Gasteiger partial charge in [0.25, 0.3) is 9.70 Å². The van der Waals surface area contributed by atoms with E-state index in [-0.39, 0.29) is 37.1 Å². The Bertz CT molecular complexity index is 2470. The summed E-state index contributed by atoms with van der Waals surface area (Å²) < 4.78 is 58.8. The number of carbonyl (C=O) groups is 8. The number of nitrogens with one attached hydrogen (secondary N) is 2. The van der Waals surface area contributed by atoms with Gasteiger partial charge in [-0.15, -0.1) is 0 Å². The monoisotopic (exact) mass is 1160 g/mol. The zero-order valence-electron chi connectivity index (χ0n) is 43.6. The van der Waals surface area contributed by atoms with Crippen molar-refractivity contribution >= 4 is 88.4 Å². The Morgan fingerprint density at radius 1 is 0.718 bits per heavy atom. The third-order valence-electron chi connectivity index (χ3n) is 11.9. The second kappa shape index (κ2) is 30.2. The van der Waals surface area contributed by atoms with Crippen molar-refractivity contribution in [2.75, 3.05) is 13.2 Å². The van der Waals surface area contributed by atoms with Crippen LogP contribution in [0, 0.1) is 17.2 Å². The molecular weight excluding hydrogens is 1100 g/mol. The number of halogens is 3. The predicted molar refractivity (Wildman–Crippen MR) is 271 cm³/mol. The summed E-state index contributed by atoms with van der Waals surface area (Å²) in [4.78, 5) is 100. The first kappa shape index (κ1) is 64.2. The summed E-state index contributed by atoms with van der Waals surface area (Å²) in [5, 5.41) is 25.5. The number of benzene rings is 2. The number of aliphatic hydroxyl groups is 1. The quantitative estimate of drug-likeness (QED) is 0.0227. The lowest BCUT2D eigenvalue weighted by atomic mass is 9.79. The fourth-order valence-electron chi connectivity index (χ4n) is 8.53. The molecule has 5 unspecified atom stereocenters. The Labute approximate surface area is 463 Å². The molecule has 78 heavy (non-hydrogen) atoms. The number of alkyl halides is 3. The highest BCUT2D eigenvalue weighted by molar-refractivity contribution is 6.76. The zero-order chi connectivity index (χ0) is 58.0. The van der Waals surface area contributed by atoms with Crippen LogP contribution in [-0.4, -0.2) is 155 Å². The van der Waals surface area contributed by atoms with E-state index in [9.17, 15) is 43.5 Å². The van der Waals surface area contributed by atoms with Gasteiger partial charge >= 0.3 is 41.8 Å². The molecule has 3 aliphatic rings. The maximum absolute atomic E-state index is 13.0. The molecule has 0 aromatic heterocycles. The summed E-state index contributed by atoms with van der Waals surface area (Å²) >= 11 is 17.1. The van der Waals surface area contributed by atoms with E-state index in [4.69, 9.17) is 97.8 Å². The van der Waals surface area contributed by atoms with Gasteiger partial charge in [0.05, 0.1) is 29.8 Å². The maximum atomic E-state index is 13.0.